The summed E-state index contributed by atoms with van der Waals surface area (Å²) in [6.45, 7) is 18.0. The van der Waals surface area contributed by atoms with Crippen LogP contribution in [0.3, 0.4) is 0 Å². The lowest BCUT2D eigenvalue weighted by Gasteiger charge is -2.54. The van der Waals surface area contributed by atoms with Crippen LogP contribution in [0.1, 0.15) is 63.8 Å². The molecule has 6 nitrogen and oxygen atoms in total. The number of aromatic nitrogens is 6. The van der Waals surface area contributed by atoms with Gasteiger partial charge in [0.2, 0.25) is 0 Å². The minimum absolute atomic E-state index is 0.267. The Labute approximate surface area is 213 Å². The maximum absolute atomic E-state index is 4.78. The normalized spacial score (nSPS) is 16.0. The van der Waals surface area contributed by atoms with Gasteiger partial charge < -0.3 is 0 Å². The SMILES string of the molecule is Cc1ccccc1C(SC(c1ccccc1C)(n1cncn1)C(C)(C)C)(n1cncn1)C(C)(C)C. The molecule has 0 N–H and O–H groups in total. The lowest BCUT2D eigenvalue weighted by atomic mass is 9.79. The summed E-state index contributed by atoms with van der Waals surface area (Å²) in [5, 5.41) is 9.55. The van der Waals surface area contributed by atoms with Crippen molar-refractivity contribution in [2.45, 2.75) is 65.1 Å². The Bertz CT molecular complexity index is 1170. The molecule has 2 unspecified atom stereocenters. The topological polar surface area (TPSA) is 61.4 Å². The summed E-state index contributed by atoms with van der Waals surface area (Å²) >= 11 is 1.87. The second-order valence-electron chi connectivity index (χ2n) is 11.2. The van der Waals surface area contributed by atoms with Crippen LogP contribution in [0.15, 0.2) is 73.8 Å². The van der Waals surface area contributed by atoms with Gasteiger partial charge in [0.15, 0.2) is 0 Å². The van der Waals surface area contributed by atoms with Crippen molar-refractivity contribution in [3.05, 3.63) is 96.1 Å². The Balaban J connectivity index is 2.17. The summed E-state index contributed by atoms with van der Waals surface area (Å²) in [5.41, 5.74) is 4.28. The van der Waals surface area contributed by atoms with Crippen LogP contribution in [-0.4, -0.2) is 29.5 Å². The smallest absolute Gasteiger partial charge is 0.142 e. The maximum atomic E-state index is 4.78. The van der Waals surface area contributed by atoms with E-state index in [1.807, 2.05) is 33.8 Å². The number of thioether (sulfide) groups is 1. The van der Waals surface area contributed by atoms with Gasteiger partial charge in [-0.05, 0) is 36.1 Å². The average molecular weight is 489 g/mol. The van der Waals surface area contributed by atoms with Gasteiger partial charge in [-0.25, -0.2) is 19.3 Å². The summed E-state index contributed by atoms with van der Waals surface area (Å²) in [6, 6.07) is 17.2. The molecule has 2 aromatic heterocycles. The summed E-state index contributed by atoms with van der Waals surface area (Å²) in [6.07, 6.45) is 6.94. The van der Waals surface area contributed by atoms with Gasteiger partial charge in [-0.15, -0.1) is 0 Å². The van der Waals surface area contributed by atoms with Crippen LogP contribution < -0.4 is 0 Å². The highest BCUT2D eigenvalue weighted by atomic mass is 32.2. The Kier molecular flexibility index (Phi) is 6.43. The van der Waals surface area contributed by atoms with Gasteiger partial charge in [-0.2, -0.15) is 10.2 Å². The molecular formula is C28H36N6S. The Morgan fingerprint density at radius 3 is 1.26 bits per heavy atom. The zero-order valence-corrected chi connectivity index (χ0v) is 22.8. The molecule has 0 radical (unpaired) electrons. The minimum Gasteiger partial charge on any atom is -0.232 e. The molecule has 0 saturated heterocycles. The molecule has 0 fully saturated rings. The van der Waals surface area contributed by atoms with Crippen molar-refractivity contribution in [2.75, 3.05) is 0 Å². The van der Waals surface area contributed by atoms with Gasteiger partial charge in [0.05, 0.1) is 0 Å². The first-order valence-corrected chi connectivity index (χ1v) is 12.8. The quantitative estimate of drug-likeness (QED) is 0.314. The van der Waals surface area contributed by atoms with E-state index in [9.17, 15) is 0 Å². The number of aryl methyl sites for hydroxylation is 2. The first-order valence-electron chi connectivity index (χ1n) is 12.0. The fraction of sp³-hybridized carbons (Fsp3) is 0.429. The standard InChI is InChI=1S/C28H36N6S/c1-21-13-9-11-15-23(21)27(25(3,4)5,33-19-29-17-31-33)35-28(26(6,7)8,34-20-30-18-32-34)24-16-12-10-14-22(24)2/h9-20H,1-8H3. The van der Waals surface area contributed by atoms with Crippen LogP contribution in [0.4, 0.5) is 0 Å². The molecule has 2 atom stereocenters. The summed E-state index contributed by atoms with van der Waals surface area (Å²) in [4.78, 5) is 7.55. The number of nitrogens with zero attached hydrogens (tertiary/aromatic N) is 6. The molecule has 0 aliphatic heterocycles. The van der Waals surface area contributed by atoms with Gasteiger partial charge in [0.1, 0.15) is 35.1 Å². The molecular weight excluding hydrogens is 452 g/mol. The molecule has 7 heteroatoms. The van der Waals surface area contributed by atoms with Gasteiger partial charge in [-0.1, -0.05) is 102 Å². The summed E-state index contributed by atoms with van der Waals surface area (Å²) < 4.78 is 4.07. The van der Waals surface area contributed by atoms with E-state index in [1.165, 1.54) is 22.3 Å². The van der Waals surface area contributed by atoms with Crippen molar-refractivity contribution in [2.24, 2.45) is 10.8 Å². The van der Waals surface area contributed by atoms with Crippen LogP contribution in [-0.2, 0) is 9.74 Å². The predicted octanol–water partition coefficient (Wildman–Crippen LogP) is 6.41. The van der Waals surface area contributed by atoms with E-state index in [0.717, 1.165) is 0 Å². The van der Waals surface area contributed by atoms with Crippen molar-refractivity contribution in [1.29, 1.82) is 0 Å². The van der Waals surface area contributed by atoms with Gasteiger partial charge >= 0.3 is 0 Å². The van der Waals surface area contributed by atoms with Gasteiger partial charge in [-0.3, -0.25) is 0 Å². The second kappa shape index (κ2) is 8.94. The number of hydrogen-bond donors (Lipinski definition) is 0. The fourth-order valence-electron chi connectivity index (χ4n) is 5.11. The van der Waals surface area contributed by atoms with Crippen molar-refractivity contribution in [3.63, 3.8) is 0 Å². The van der Waals surface area contributed by atoms with E-state index in [4.69, 9.17) is 10.2 Å². The Hall–Kier alpha value is -2.93. The van der Waals surface area contributed by atoms with E-state index in [-0.39, 0.29) is 10.8 Å². The second-order valence-corrected chi connectivity index (χ2v) is 12.6. The highest BCUT2D eigenvalue weighted by Gasteiger charge is 2.58. The van der Waals surface area contributed by atoms with E-state index in [2.05, 4.69) is 114 Å². The maximum Gasteiger partial charge on any atom is 0.142 e. The molecule has 0 aliphatic rings. The number of benzene rings is 2. The highest BCUT2D eigenvalue weighted by Crippen LogP contribution is 2.63. The largest absolute Gasteiger partial charge is 0.232 e. The molecule has 0 amide bonds. The third kappa shape index (κ3) is 3.99. The van der Waals surface area contributed by atoms with E-state index in [1.54, 1.807) is 12.7 Å². The Morgan fingerprint density at radius 2 is 0.971 bits per heavy atom. The zero-order chi connectivity index (χ0) is 25.5. The molecule has 0 saturated carbocycles. The molecule has 2 heterocycles. The van der Waals surface area contributed by atoms with Crippen molar-refractivity contribution < 1.29 is 0 Å². The van der Waals surface area contributed by atoms with Crippen molar-refractivity contribution >= 4 is 11.8 Å². The first-order chi connectivity index (χ1) is 16.4. The third-order valence-electron chi connectivity index (χ3n) is 6.83. The van der Waals surface area contributed by atoms with Crippen molar-refractivity contribution in [1.82, 2.24) is 29.5 Å². The van der Waals surface area contributed by atoms with Crippen LogP contribution >= 0.6 is 11.8 Å². The zero-order valence-electron chi connectivity index (χ0n) is 22.0. The van der Waals surface area contributed by atoms with Gasteiger partial charge in [0.25, 0.3) is 0 Å². The van der Waals surface area contributed by atoms with Crippen LogP contribution in [0, 0.1) is 24.7 Å². The fourth-order valence-corrected chi connectivity index (χ4v) is 7.21. The molecule has 4 rings (SSSR count). The molecule has 2 aromatic carbocycles. The minimum atomic E-state index is -0.629. The number of hydrogen-bond acceptors (Lipinski definition) is 5. The summed E-state index contributed by atoms with van der Waals surface area (Å²) in [5.74, 6) is 0. The average Bonchev–Trinajstić information content (AvgIpc) is 3.49. The number of rotatable bonds is 6. The third-order valence-corrected chi connectivity index (χ3v) is 9.46. The van der Waals surface area contributed by atoms with Crippen LogP contribution in [0.5, 0.6) is 0 Å². The molecule has 35 heavy (non-hydrogen) atoms. The molecule has 4 aromatic rings. The van der Waals surface area contributed by atoms with Crippen LogP contribution in [0.25, 0.3) is 0 Å². The van der Waals surface area contributed by atoms with E-state index in [0.29, 0.717) is 0 Å². The van der Waals surface area contributed by atoms with E-state index < -0.39 is 9.74 Å². The summed E-state index contributed by atoms with van der Waals surface area (Å²) in [7, 11) is 0. The van der Waals surface area contributed by atoms with Crippen molar-refractivity contribution in [3.8, 4) is 0 Å². The molecule has 184 valence electrons. The lowest BCUT2D eigenvalue weighted by molar-refractivity contribution is 0.193. The highest BCUT2D eigenvalue weighted by molar-refractivity contribution is 8.01. The molecule has 0 spiro atoms. The monoisotopic (exact) mass is 488 g/mol. The molecule has 0 aliphatic carbocycles. The lowest BCUT2D eigenvalue weighted by Crippen LogP contribution is -2.53. The Morgan fingerprint density at radius 1 is 0.600 bits per heavy atom. The predicted molar refractivity (Wildman–Crippen MR) is 143 cm³/mol. The van der Waals surface area contributed by atoms with Crippen LogP contribution in [0.2, 0.25) is 0 Å². The van der Waals surface area contributed by atoms with Gasteiger partial charge in [0, 0.05) is 10.8 Å². The van der Waals surface area contributed by atoms with E-state index >= 15 is 0 Å². The first kappa shape index (κ1) is 25.2. The molecule has 0 bridgehead atoms.